The van der Waals surface area contributed by atoms with Crippen LogP contribution in [0.15, 0.2) is 108 Å². The van der Waals surface area contributed by atoms with Crippen LogP contribution < -0.4 is 19.1 Å². The zero-order valence-electron chi connectivity index (χ0n) is 21.5. The Hall–Kier alpha value is -4.35. The van der Waals surface area contributed by atoms with Crippen molar-refractivity contribution in [1.82, 2.24) is 0 Å². The number of hydrogen-bond donors (Lipinski definition) is 2. The van der Waals surface area contributed by atoms with Gasteiger partial charge in [-0.2, -0.15) is 0 Å². The van der Waals surface area contributed by atoms with Gasteiger partial charge >= 0.3 is 0 Å². The average Bonchev–Trinajstić information content (AvgIpc) is 2.93. The molecule has 0 aliphatic carbocycles. The van der Waals surface area contributed by atoms with Crippen LogP contribution in [0.25, 0.3) is 0 Å². The molecular formula is C29H27N3O6S2. The minimum atomic E-state index is -3.84. The molecule has 1 heterocycles. The second kappa shape index (κ2) is 11.0. The van der Waals surface area contributed by atoms with Gasteiger partial charge in [-0.25, -0.2) is 16.8 Å². The Labute approximate surface area is 233 Å². The van der Waals surface area contributed by atoms with Crippen molar-refractivity contribution < 1.29 is 26.4 Å². The normalized spacial score (nSPS) is 15.0. The quantitative estimate of drug-likeness (QED) is 0.317. The third kappa shape index (κ3) is 6.11. The van der Waals surface area contributed by atoms with E-state index in [4.69, 9.17) is 4.74 Å². The Morgan fingerprint density at radius 3 is 2.27 bits per heavy atom. The largest absolute Gasteiger partial charge is 0.476 e. The average molecular weight is 578 g/mol. The number of hydrogen-bond acceptors (Lipinski definition) is 6. The molecule has 0 unspecified atom stereocenters. The predicted octanol–water partition coefficient (Wildman–Crippen LogP) is 4.53. The van der Waals surface area contributed by atoms with Crippen molar-refractivity contribution in [3.8, 4) is 5.75 Å². The number of fused-ring (bicyclic) bond motifs is 1. The molecular weight excluding hydrogens is 550 g/mol. The number of aryl methyl sites for hydroxylation is 1. The fourth-order valence-corrected chi connectivity index (χ4v) is 6.96. The second-order valence-corrected chi connectivity index (χ2v) is 12.9. The summed E-state index contributed by atoms with van der Waals surface area (Å²) in [6.45, 7) is 1.65. The van der Waals surface area contributed by atoms with Gasteiger partial charge in [0.05, 0.1) is 22.9 Å². The maximum Gasteiger partial charge on any atom is 0.267 e. The minimum absolute atomic E-state index is 0.0213. The first-order valence-electron chi connectivity index (χ1n) is 12.4. The van der Waals surface area contributed by atoms with Crippen molar-refractivity contribution >= 4 is 43.0 Å². The van der Waals surface area contributed by atoms with Crippen LogP contribution in [0.4, 0.5) is 17.1 Å². The highest BCUT2D eigenvalue weighted by atomic mass is 32.2. The van der Waals surface area contributed by atoms with E-state index in [1.165, 1.54) is 28.6 Å². The van der Waals surface area contributed by atoms with Crippen molar-refractivity contribution in [3.05, 3.63) is 114 Å². The highest BCUT2D eigenvalue weighted by Crippen LogP contribution is 2.36. The van der Waals surface area contributed by atoms with E-state index < -0.39 is 32.1 Å². The van der Waals surface area contributed by atoms with Gasteiger partial charge in [0.2, 0.25) is 10.0 Å². The molecule has 0 bridgehead atoms. The van der Waals surface area contributed by atoms with Gasteiger partial charge in [-0.15, -0.1) is 0 Å². The number of benzene rings is 4. The summed E-state index contributed by atoms with van der Waals surface area (Å²) in [5, 5.41) is 2.70. The molecule has 1 aliphatic rings. The fraction of sp³-hybridized carbons (Fsp3) is 0.138. The van der Waals surface area contributed by atoms with Gasteiger partial charge in [0.25, 0.3) is 15.9 Å². The van der Waals surface area contributed by atoms with Gasteiger partial charge in [0.1, 0.15) is 5.75 Å². The summed E-state index contributed by atoms with van der Waals surface area (Å²) in [6, 6.07) is 28.1. The van der Waals surface area contributed by atoms with E-state index in [2.05, 4.69) is 10.0 Å². The minimum Gasteiger partial charge on any atom is -0.476 e. The molecule has 1 atom stereocenters. The summed E-state index contributed by atoms with van der Waals surface area (Å²) >= 11 is 0. The number of amides is 1. The van der Waals surface area contributed by atoms with E-state index in [1.807, 2.05) is 19.1 Å². The van der Waals surface area contributed by atoms with Gasteiger partial charge in [0, 0.05) is 11.4 Å². The Balaban J connectivity index is 1.31. The third-order valence-corrected chi connectivity index (χ3v) is 9.37. The third-order valence-electron chi connectivity index (χ3n) is 6.26. The zero-order valence-corrected chi connectivity index (χ0v) is 23.2. The number of para-hydroxylation sites is 2. The number of sulfonamides is 2. The Bertz CT molecular complexity index is 1740. The maximum atomic E-state index is 13.4. The van der Waals surface area contributed by atoms with Crippen LogP contribution in [0.3, 0.4) is 0 Å². The Kier molecular flexibility index (Phi) is 7.51. The molecule has 5 rings (SSSR count). The van der Waals surface area contributed by atoms with Gasteiger partial charge in [-0.1, -0.05) is 54.6 Å². The standard InChI is InChI=1S/C29H27N3O6S2/c1-21-8-7-11-24(18-21)31-40(36,37)25-16-14-23(15-17-25)30-29(33)28-19-32(26-12-5-6-13-27(26)38-28)39(34,35)20-22-9-3-2-4-10-22/h2-18,28,31H,19-20H2,1H3,(H,30,33)/t28-/m1/s1. The molecule has 0 saturated carbocycles. The summed E-state index contributed by atoms with van der Waals surface area (Å²) in [6.07, 6.45) is -1.13. The van der Waals surface area contributed by atoms with E-state index in [0.717, 1.165) is 5.56 Å². The number of ether oxygens (including phenoxy) is 1. The van der Waals surface area contributed by atoms with Crippen LogP contribution in [-0.4, -0.2) is 35.4 Å². The number of anilines is 3. The lowest BCUT2D eigenvalue weighted by Crippen LogP contribution is -2.49. The molecule has 0 radical (unpaired) electrons. The Morgan fingerprint density at radius 2 is 1.55 bits per heavy atom. The smallest absolute Gasteiger partial charge is 0.267 e. The lowest BCUT2D eigenvalue weighted by molar-refractivity contribution is -0.122. The molecule has 40 heavy (non-hydrogen) atoms. The van der Waals surface area contributed by atoms with E-state index in [9.17, 15) is 21.6 Å². The van der Waals surface area contributed by atoms with E-state index >= 15 is 0 Å². The molecule has 0 saturated heterocycles. The van der Waals surface area contributed by atoms with Crippen LogP contribution in [-0.2, 0) is 30.6 Å². The lowest BCUT2D eigenvalue weighted by atomic mass is 10.2. The predicted molar refractivity (Wildman–Crippen MR) is 154 cm³/mol. The van der Waals surface area contributed by atoms with Crippen LogP contribution in [0.5, 0.6) is 5.75 Å². The van der Waals surface area contributed by atoms with Crippen molar-refractivity contribution in [2.75, 3.05) is 20.9 Å². The van der Waals surface area contributed by atoms with Gasteiger partial charge in [-0.3, -0.25) is 13.8 Å². The molecule has 2 N–H and O–H groups in total. The first-order valence-corrected chi connectivity index (χ1v) is 15.5. The van der Waals surface area contributed by atoms with Gasteiger partial charge in [0.15, 0.2) is 6.10 Å². The molecule has 4 aromatic rings. The summed E-state index contributed by atoms with van der Waals surface area (Å²) in [5.41, 5.74) is 2.68. The van der Waals surface area contributed by atoms with Crippen molar-refractivity contribution in [2.45, 2.75) is 23.7 Å². The number of carbonyl (C=O) groups is 1. The summed E-state index contributed by atoms with van der Waals surface area (Å²) in [5.74, 6) is -0.527. The lowest BCUT2D eigenvalue weighted by Gasteiger charge is -2.34. The van der Waals surface area contributed by atoms with Gasteiger partial charge in [-0.05, 0) is 66.6 Å². The first kappa shape index (κ1) is 27.2. The molecule has 0 fully saturated rings. The summed E-state index contributed by atoms with van der Waals surface area (Å²) in [4.78, 5) is 13.2. The van der Waals surface area contributed by atoms with Crippen molar-refractivity contribution in [2.24, 2.45) is 0 Å². The molecule has 9 nitrogen and oxygen atoms in total. The molecule has 0 aromatic heterocycles. The van der Waals surface area contributed by atoms with E-state index in [0.29, 0.717) is 22.6 Å². The van der Waals surface area contributed by atoms with E-state index in [-0.39, 0.29) is 22.9 Å². The molecule has 4 aromatic carbocycles. The zero-order chi connectivity index (χ0) is 28.3. The molecule has 1 aliphatic heterocycles. The monoisotopic (exact) mass is 577 g/mol. The second-order valence-electron chi connectivity index (χ2n) is 9.34. The van der Waals surface area contributed by atoms with Crippen LogP contribution in [0, 0.1) is 6.92 Å². The molecule has 206 valence electrons. The van der Waals surface area contributed by atoms with Crippen LogP contribution in [0.2, 0.25) is 0 Å². The number of rotatable bonds is 8. The Morgan fingerprint density at radius 1 is 0.850 bits per heavy atom. The summed E-state index contributed by atoms with van der Waals surface area (Å²) < 4.78 is 62.0. The number of carbonyl (C=O) groups excluding carboxylic acids is 1. The fourth-order valence-electron chi connectivity index (χ4n) is 4.33. The molecule has 11 heteroatoms. The molecule has 1 amide bonds. The number of nitrogens with one attached hydrogen (secondary N) is 2. The van der Waals surface area contributed by atoms with Crippen LogP contribution in [0.1, 0.15) is 11.1 Å². The highest BCUT2D eigenvalue weighted by molar-refractivity contribution is 7.92. The SMILES string of the molecule is Cc1cccc(NS(=O)(=O)c2ccc(NC(=O)[C@H]3CN(S(=O)(=O)Cc4ccccc4)c4ccccc4O3)cc2)c1. The molecule has 0 spiro atoms. The first-order chi connectivity index (χ1) is 19.1. The topological polar surface area (TPSA) is 122 Å². The highest BCUT2D eigenvalue weighted by Gasteiger charge is 2.36. The van der Waals surface area contributed by atoms with E-state index in [1.54, 1.807) is 66.7 Å². The maximum absolute atomic E-state index is 13.4. The summed E-state index contributed by atoms with van der Waals surface area (Å²) in [7, 11) is -7.68. The van der Waals surface area contributed by atoms with Crippen molar-refractivity contribution in [1.29, 1.82) is 0 Å². The van der Waals surface area contributed by atoms with Gasteiger partial charge < -0.3 is 10.1 Å². The number of nitrogens with zero attached hydrogens (tertiary/aromatic N) is 1. The van der Waals surface area contributed by atoms with Crippen LogP contribution >= 0.6 is 0 Å². The van der Waals surface area contributed by atoms with Crippen molar-refractivity contribution in [3.63, 3.8) is 0 Å².